The minimum Gasteiger partial charge on any atom is -0.485 e. The van der Waals surface area contributed by atoms with Gasteiger partial charge in [0.25, 0.3) is 5.91 Å². The molecule has 2 saturated heterocycles. The summed E-state index contributed by atoms with van der Waals surface area (Å²) in [5, 5.41) is 16.7. The molecule has 38 heavy (non-hydrogen) atoms. The van der Waals surface area contributed by atoms with Gasteiger partial charge in [0.15, 0.2) is 5.65 Å². The van der Waals surface area contributed by atoms with Crippen molar-refractivity contribution in [3.05, 3.63) is 35.0 Å². The SMILES string of the molecule is Cc1cc(N2CCC(C)C2)cn2nc(C(=O)NC3CC4(C3)CN(C(=O)C35COC(C(=O)O)=C(C3)C5)C4)nc12. The van der Waals surface area contributed by atoms with Crippen LogP contribution >= 0.6 is 0 Å². The molecular weight excluding hydrogens is 488 g/mol. The Morgan fingerprint density at radius 2 is 1.97 bits per heavy atom. The molecule has 1 atom stereocenters. The van der Waals surface area contributed by atoms with Gasteiger partial charge in [-0.2, -0.15) is 0 Å². The number of nitrogens with one attached hydrogen (secondary N) is 1. The van der Waals surface area contributed by atoms with E-state index in [1.165, 1.54) is 6.42 Å². The van der Waals surface area contributed by atoms with Gasteiger partial charge in [-0.1, -0.05) is 6.92 Å². The molecule has 2 saturated carbocycles. The maximum atomic E-state index is 13.1. The molecule has 4 fully saturated rings. The zero-order chi connectivity index (χ0) is 26.4. The van der Waals surface area contributed by atoms with E-state index in [2.05, 4.69) is 33.3 Å². The van der Waals surface area contributed by atoms with Crippen LogP contribution in [0.25, 0.3) is 5.65 Å². The van der Waals surface area contributed by atoms with Crippen molar-refractivity contribution < 1.29 is 24.2 Å². The van der Waals surface area contributed by atoms with Crippen LogP contribution in [0.2, 0.25) is 0 Å². The fourth-order valence-electron chi connectivity index (χ4n) is 7.17. The minimum atomic E-state index is -1.05. The van der Waals surface area contributed by atoms with Crippen LogP contribution in [0.3, 0.4) is 0 Å². The predicted octanol–water partition coefficient (Wildman–Crippen LogP) is 1.75. The first kappa shape index (κ1) is 23.5. The van der Waals surface area contributed by atoms with Gasteiger partial charge in [-0.3, -0.25) is 9.59 Å². The first-order chi connectivity index (χ1) is 18.1. The molecule has 2 aromatic rings. The smallest absolute Gasteiger partial charge is 0.371 e. The number of anilines is 1. The van der Waals surface area contributed by atoms with E-state index < -0.39 is 11.4 Å². The zero-order valence-electron chi connectivity index (χ0n) is 21.7. The number of hydrogen-bond acceptors (Lipinski definition) is 7. The summed E-state index contributed by atoms with van der Waals surface area (Å²) in [6.45, 7) is 7.80. The standard InChI is InChI=1S/C27H32N6O5/c1-15-3-4-31(10-15)19-5-16(2)22-29-21(30-33(22)11-19)23(34)28-18-8-26(9-18)12-32(13-26)25(37)27-6-17(7-27)20(24(35)36)38-14-27/h5,11,15,18H,3-4,6-10,12-14H2,1-2H3,(H,28,34)(H,35,36). The van der Waals surface area contributed by atoms with E-state index in [0.717, 1.165) is 42.8 Å². The third-order valence-corrected chi connectivity index (χ3v) is 9.19. The summed E-state index contributed by atoms with van der Waals surface area (Å²) < 4.78 is 7.09. The highest BCUT2D eigenvalue weighted by Gasteiger charge is 2.60. The number of aliphatic carboxylic acids is 1. The lowest BCUT2D eigenvalue weighted by atomic mass is 9.58. The maximum Gasteiger partial charge on any atom is 0.371 e. The molecule has 1 unspecified atom stereocenters. The number of aromatic nitrogens is 3. The van der Waals surface area contributed by atoms with Gasteiger partial charge in [0, 0.05) is 37.6 Å². The van der Waals surface area contributed by atoms with Crippen LogP contribution in [0.5, 0.6) is 0 Å². The fraction of sp³-hybridized carbons (Fsp3) is 0.593. The summed E-state index contributed by atoms with van der Waals surface area (Å²) in [5.74, 6) is -0.382. The highest BCUT2D eigenvalue weighted by molar-refractivity contribution is 5.92. The van der Waals surface area contributed by atoms with Crippen molar-refractivity contribution in [3.8, 4) is 0 Å². The fourth-order valence-corrected chi connectivity index (χ4v) is 7.17. The molecule has 11 heteroatoms. The van der Waals surface area contributed by atoms with Crippen molar-refractivity contribution >= 4 is 29.1 Å². The van der Waals surface area contributed by atoms with Gasteiger partial charge in [0.05, 0.1) is 17.3 Å². The van der Waals surface area contributed by atoms with Crippen molar-refractivity contribution in [2.45, 2.75) is 52.0 Å². The first-order valence-electron chi connectivity index (χ1n) is 13.4. The summed E-state index contributed by atoms with van der Waals surface area (Å²) >= 11 is 0. The van der Waals surface area contributed by atoms with Crippen molar-refractivity contribution in [2.75, 3.05) is 37.7 Å². The molecule has 4 aliphatic heterocycles. The van der Waals surface area contributed by atoms with E-state index in [1.807, 2.05) is 18.0 Å². The average molecular weight is 521 g/mol. The molecule has 200 valence electrons. The van der Waals surface area contributed by atoms with Crippen LogP contribution in [-0.4, -0.2) is 81.2 Å². The molecule has 0 radical (unpaired) electrons. The number of carbonyl (C=O) groups is 3. The van der Waals surface area contributed by atoms with Crippen molar-refractivity contribution in [1.82, 2.24) is 24.8 Å². The van der Waals surface area contributed by atoms with Gasteiger partial charge in [-0.05, 0) is 62.1 Å². The van der Waals surface area contributed by atoms with Crippen molar-refractivity contribution in [2.24, 2.45) is 16.7 Å². The number of allylic oxidation sites excluding steroid dienone is 1. The number of carboxylic acid groups (broad SMARTS) is 1. The van der Waals surface area contributed by atoms with E-state index in [1.54, 1.807) is 4.52 Å². The number of pyridine rings is 1. The Balaban J connectivity index is 0.940. The number of nitrogens with zero attached hydrogens (tertiary/aromatic N) is 5. The molecule has 8 rings (SSSR count). The second kappa shape index (κ2) is 7.94. The highest BCUT2D eigenvalue weighted by Crippen LogP contribution is 2.55. The molecule has 1 spiro atoms. The number of ether oxygens (including phenoxy) is 1. The molecule has 11 nitrogen and oxygen atoms in total. The maximum absolute atomic E-state index is 13.1. The average Bonchev–Trinajstić information content (AvgIpc) is 3.45. The van der Waals surface area contributed by atoms with Gasteiger partial charge in [0.1, 0.15) is 6.61 Å². The molecule has 2 aliphatic carbocycles. The number of hydrogen-bond donors (Lipinski definition) is 2. The molecule has 6 heterocycles. The zero-order valence-corrected chi connectivity index (χ0v) is 21.7. The Labute approximate surface area is 219 Å². The lowest BCUT2D eigenvalue weighted by Gasteiger charge is -2.61. The monoisotopic (exact) mass is 520 g/mol. The Bertz CT molecular complexity index is 1410. The molecule has 2 bridgehead atoms. The minimum absolute atomic E-state index is 0.0225. The van der Waals surface area contributed by atoms with Crippen LogP contribution < -0.4 is 10.2 Å². The summed E-state index contributed by atoms with van der Waals surface area (Å²) in [7, 11) is 0. The summed E-state index contributed by atoms with van der Waals surface area (Å²) in [6, 6.07) is 2.16. The summed E-state index contributed by atoms with van der Waals surface area (Å²) in [5.41, 5.74) is 2.99. The second-order valence-corrected chi connectivity index (χ2v) is 12.3. The van der Waals surface area contributed by atoms with E-state index in [9.17, 15) is 19.5 Å². The quantitative estimate of drug-likeness (QED) is 0.610. The third-order valence-electron chi connectivity index (χ3n) is 9.19. The lowest BCUT2D eigenvalue weighted by Crippen LogP contribution is -2.70. The van der Waals surface area contributed by atoms with Gasteiger partial charge in [-0.15, -0.1) is 5.10 Å². The van der Waals surface area contributed by atoms with E-state index >= 15 is 0 Å². The number of amides is 2. The largest absolute Gasteiger partial charge is 0.485 e. The van der Waals surface area contributed by atoms with E-state index in [4.69, 9.17) is 4.74 Å². The van der Waals surface area contributed by atoms with E-state index in [0.29, 0.717) is 37.5 Å². The molecule has 0 aromatic carbocycles. The first-order valence-corrected chi connectivity index (χ1v) is 13.4. The molecule has 2 aromatic heterocycles. The Kier molecular flexibility index (Phi) is 4.91. The Hall–Kier alpha value is -3.63. The van der Waals surface area contributed by atoms with Crippen LogP contribution in [0.15, 0.2) is 23.6 Å². The normalized spacial score (nSPS) is 25.1. The number of carbonyl (C=O) groups excluding carboxylic acids is 2. The Morgan fingerprint density at radius 1 is 1.21 bits per heavy atom. The molecular formula is C27H32N6O5. The van der Waals surface area contributed by atoms with Gasteiger partial charge in [0.2, 0.25) is 17.5 Å². The van der Waals surface area contributed by atoms with Gasteiger partial charge in [-0.25, -0.2) is 14.3 Å². The number of rotatable bonds is 5. The van der Waals surface area contributed by atoms with Crippen LogP contribution in [0.1, 0.15) is 55.2 Å². The number of fused-ring (bicyclic) bond motifs is 3. The number of carboxylic acids is 1. The molecule has 6 aliphatic rings. The van der Waals surface area contributed by atoms with Crippen LogP contribution in [-0.2, 0) is 14.3 Å². The number of aryl methyl sites for hydroxylation is 1. The van der Waals surface area contributed by atoms with Gasteiger partial charge < -0.3 is 25.0 Å². The van der Waals surface area contributed by atoms with Crippen molar-refractivity contribution in [1.29, 1.82) is 0 Å². The van der Waals surface area contributed by atoms with Crippen molar-refractivity contribution in [3.63, 3.8) is 0 Å². The second-order valence-electron chi connectivity index (χ2n) is 12.3. The number of likely N-dealkylation sites (tertiary alicyclic amines) is 1. The van der Waals surface area contributed by atoms with Crippen LogP contribution in [0.4, 0.5) is 5.69 Å². The topological polar surface area (TPSA) is 129 Å². The summed E-state index contributed by atoms with van der Waals surface area (Å²) in [4.78, 5) is 46.0. The predicted molar refractivity (Wildman–Crippen MR) is 136 cm³/mol. The molecule has 2 amide bonds. The highest BCUT2D eigenvalue weighted by atomic mass is 16.5. The summed E-state index contributed by atoms with van der Waals surface area (Å²) in [6.07, 6.45) is 5.76. The Morgan fingerprint density at radius 3 is 2.61 bits per heavy atom. The van der Waals surface area contributed by atoms with E-state index in [-0.39, 0.29) is 41.5 Å². The lowest BCUT2D eigenvalue weighted by molar-refractivity contribution is -0.172. The third kappa shape index (κ3) is 3.50. The van der Waals surface area contributed by atoms with Gasteiger partial charge >= 0.3 is 5.97 Å². The van der Waals surface area contributed by atoms with Crippen LogP contribution in [0, 0.1) is 23.7 Å². The molecule has 2 N–H and O–H groups in total.